The first kappa shape index (κ1) is 25.2. The van der Waals surface area contributed by atoms with Gasteiger partial charge in [0.2, 0.25) is 10.0 Å². The molecular formula is C27H23ClN2O6S. The zero-order valence-electron chi connectivity index (χ0n) is 19.6. The van der Waals surface area contributed by atoms with E-state index in [0.717, 1.165) is 0 Å². The minimum Gasteiger partial charge on any atom is -0.477 e. The van der Waals surface area contributed by atoms with Gasteiger partial charge >= 0.3 is 5.97 Å². The van der Waals surface area contributed by atoms with Gasteiger partial charge in [-0.3, -0.25) is 4.79 Å². The summed E-state index contributed by atoms with van der Waals surface area (Å²) in [6, 6.07) is 19.8. The number of carbonyl (C=O) groups is 1. The predicted molar refractivity (Wildman–Crippen MR) is 140 cm³/mol. The highest BCUT2D eigenvalue weighted by atomic mass is 35.5. The second-order valence-electron chi connectivity index (χ2n) is 8.63. The highest BCUT2D eigenvalue weighted by Gasteiger charge is 2.27. The molecule has 3 aromatic carbocycles. The van der Waals surface area contributed by atoms with E-state index in [1.807, 2.05) is 6.07 Å². The number of ether oxygens (including phenoxy) is 1. The summed E-state index contributed by atoms with van der Waals surface area (Å²) in [6.07, 6.45) is 0.00372. The van der Waals surface area contributed by atoms with Gasteiger partial charge in [0.15, 0.2) is 5.43 Å². The van der Waals surface area contributed by atoms with E-state index in [9.17, 15) is 23.1 Å². The topological polar surface area (TPSA) is 106 Å². The Hall–Kier alpha value is -3.50. The maximum absolute atomic E-state index is 13.6. The molecule has 1 aliphatic heterocycles. The van der Waals surface area contributed by atoms with Gasteiger partial charge in [-0.05, 0) is 48.0 Å². The van der Waals surface area contributed by atoms with E-state index < -0.39 is 21.4 Å². The fraction of sp³-hybridized carbons (Fsp3) is 0.185. The SMILES string of the molecule is O=C(O)c1c(Cc2ccc(S(=O)(=O)N3CCOCC3)cc2)c(=O)c2ccc(Cl)cc2n1-c1ccccc1. The molecule has 0 unspecified atom stereocenters. The Balaban J connectivity index is 1.63. The second kappa shape index (κ2) is 10.1. The van der Waals surface area contributed by atoms with Crippen LogP contribution in [-0.2, 0) is 21.2 Å². The summed E-state index contributed by atoms with van der Waals surface area (Å²) in [5, 5.41) is 11.0. The summed E-state index contributed by atoms with van der Waals surface area (Å²) in [7, 11) is -3.68. The Morgan fingerprint density at radius 1 is 0.973 bits per heavy atom. The van der Waals surface area contributed by atoms with Crippen molar-refractivity contribution in [1.29, 1.82) is 0 Å². The number of fused-ring (bicyclic) bond motifs is 1. The Morgan fingerprint density at radius 3 is 2.30 bits per heavy atom. The van der Waals surface area contributed by atoms with Gasteiger partial charge in [0.1, 0.15) is 5.69 Å². The van der Waals surface area contributed by atoms with E-state index in [4.69, 9.17) is 16.3 Å². The minimum atomic E-state index is -3.68. The summed E-state index contributed by atoms with van der Waals surface area (Å²) in [4.78, 5) is 26.2. The monoisotopic (exact) mass is 538 g/mol. The predicted octanol–water partition coefficient (Wildman–Crippen LogP) is 3.95. The third-order valence-corrected chi connectivity index (χ3v) is 8.51. The molecule has 5 rings (SSSR count). The number of nitrogens with zero attached hydrogens (tertiary/aromatic N) is 2. The van der Waals surface area contributed by atoms with Crippen LogP contribution in [0, 0.1) is 0 Å². The molecule has 1 saturated heterocycles. The summed E-state index contributed by atoms with van der Waals surface area (Å²) in [6.45, 7) is 1.25. The number of halogens is 1. The number of aromatic nitrogens is 1. The van der Waals surface area contributed by atoms with Crippen LogP contribution in [0.3, 0.4) is 0 Å². The molecule has 0 aliphatic carbocycles. The number of rotatable bonds is 6. The third kappa shape index (κ3) is 4.78. The molecule has 8 nitrogen and oxygen atoms in total. The van der Waals surface area contributed by atoms with Crippen LogP contribution in [0.1, 0.15) is 21.6 Å². The van der Waals surface area contributed by atoms with Crippen LogP contribution in [-0.4, -0.2) is 54.7 Å². The number of carboxylic acid groups (broad SMARTS) is 1. The molecule has 0 spiro atoms. The van der Waals surface area contributed by atoms with Gasteiger partial charge in [0, 0.05) is 41.2 Å². The first-order valence-corrected chi connectivity index (χ1v) is 13.4. The van der Waals surface area contributed by atoms with E-state index in [1.54, 1.807) is 54.6 Å². The van der Waals surface area contributed by atoms with Crippen LogP contribution in [0.15, 0.2) is 82.5 Å². The largest absolute Gasteiger partial charge is 0.477 e. The number of carboxylic acids is 1. The van der Waals surface area contributed by atoms with Gasteiger partial charge < -0.3 is 14.4 Å². The molecular weight excluding hydrogens is 516 g/mol. The van der Waals surface area contributed by atoms with Crippen LogP contribution in [0.2, 0.25) is 5.02 Å². The van der Waals surface area contributed by atoms with Crippen LogP contribution in [0.25, 0.3) is 16.6 Å². The maximum Gasteiger partial charge on any atom is 0.353 e. The van der Waals surface area contributed by atoms with Gasteiger partial charge in [-0.15, -0.1) is 0 Å². The van der Waals surface area contributed by atoms with Crippen molar-refractivity contribution in [3.05, 3.63) is 105 Å². The summed E-state index contributed by atoms with van der Waals surface area (Å²) < 4.78 is 34.1. The molecule has 1 fully saturated rings. The van der Waals surface area contributed by atoms with Gasteiger partial charge in [-0.1, -0.05) is 41.9 Å². The normalized spacial score (nSPS) is 14.6. The number of para-hydroxylation sites is 1. The fourth-order valence-electron chi connectivity index (χ4n) is 4.56. The fourth-order valence-corrected chi connectivity index (χ4v) is 6.14. The minimum absolute atomic E-state index is 0.00372. The molecule has 1 aliphatic rings. The molecule has 0 atom stereocenters. The van der Waals surface area contributed by atoms with Crippen LogP contribution in [0.4, 0.5) is 0 Å². The number of morpholine rings is 1. The number of sulfonamides is 1. The molecule has 37 heavy (non-hydrogen) atoms. The maximum atomic E-state index is 13.6. The average Bonchev–Trinajstić information content (AvgIpc) is 2.91. The molecule has 0 saturated carbocycles. The Labute approximate surface area is 218 Å². The molecule has 0 amide bonds. The molecule has 0 bridgehead atoms. The van der Waals surface area contributed by atoms with Crippen molar-refractivity contribution in [2.75, 3.05) is 26.3 Å². The summed E-state index contributed by atoms with van der Waals surface area (Å²) in [5.74, 6) is -1.26. The van der Waals surface area contributed by atoms with Crippen molar-refractivity contribution in [2.45, 2.75) is 11.3 Å². The molecule has 1 N–H and O–H groups in total. The lowest BCUT2D eigenvalue weighted by Crippen LogP contribution is -2.40. The van der Waals surface area contributed by atoms with Crippen LogP contribution in [0.5, 0.6) is 0 Å². The van der Waals surface area contributed by atoms with Crippen LogP contribution >= 0.6 is 11.6 Å². The summed E-state index contributed by atoms with van der Waals surface area (Å²) >= 11 is 6.22. The molecule has 0 radical (unpaired) electrons. The number of pyridine rings is 1. The van der Waals surface area contributed by atoms with Gasteiger partial charge in [-0.2, -0.15) is 4.31 Å². The van der Waals surface area contributed by atoms with E-state index in [1.165, 1.54) is 21.0 Å². The zero-order chi connectivity index (χ0) is 26.2. The number of hydrogen-bond donors (Lipinski definition) is 1. The lowest BCUT2D eigenvalue weighted by molar-refractivity contribution is 0.0686. The second-order valence-corrected chi connectivity index (χ2v) is 11.0. The Morgan fingerprint density at radius 2 is 1.65 bits per heavy atom. The van der Waals surface area contributed by atoms with E-state index in [-0.39, 0.29) is 35.7 Å². The van der Waals surface area contributed by atoms with Crippen molar-refractivity contribution in [3.63, 3.8) is 0 Å². The standard InChI is InChI=1S/C27H23ClN2O6S/c28-19-8-11-22-24(17-19)30(20-4-2-1-3-5-20)25(27(32)33)23(26(22)31)16-18-6-9-21(10-7-18)37(34,35)29-12-14-36-15-13-29/h1-11,17H,12-16H2,(H,32,33). The summed E-state index contributed by atoms with van der Waals surface area (Å²) in [5.41, 5.74) is 1.07. The zero-order valence-corrected chi connectivity index (χ0v) is 21.2. The van der Waals surface area contributed by atoms with E-state index >= 15 is 0 Å². The molecule has 4 aromatic rings. The number of hydrogen-bond acceptors (Lipinski definition) is 5. The lowest BCUT2D eigenvalue weighted by atomic mass is 9.99. The number of aromatic carboxylic acids is 1. The molecule has 10 heteroatoms. The van der Waals surface area contributed by atoms with E-state index in [0.29, 0.717) is 40.4 Å². The van der Waals surface area contributed by atoms with Crippen molar-refractivity contribution < 1.29 is 23.1 Å². The molecule has 1 aromatic heterocycles. The Bertz CT molecular complexity index is 1640. The quantitative estimate of drug-likeness (QED) is 0.398. The first-order valence-electron chi connectivity index (χ1n) is 11.6. The van der Waals surface area contributed by atoms with Gasteiger partial charge in [0.25, 0.3) is 0 Å². The van der Waals surface area contributed by atoms with Gasteiger partial charge in [0.05, 0.1) is 23.6 Å². The molecule has 190 valence electrons. The van der Waals surface area contributed by atoms with Crippen molar-refractivity contribution in [1.82, 2.24) is 8.87 Å². The highest BCUT2D eigenvalue weighted by Crippen LogP contribution is 2.26. The van der Waals surface area contributed by atoms with E-state index in [2.05, 4.69) is 0 Å². The number of benzene rings is 3. The third-order valence-electron chi connectivity index (χ3n) is 6.36. The van der Waals surface area contributed by atoms with Gasteiger partial charge in [-0.25, -0.2) is 13.2 Å². The first-order chi connectivity index (χ1) is 17.8. The van der Waals surface area contributed by atoms with Crippen LogP contribution < -0.4 is 5.43 Å². The van der Waals surface area contributed by atoms with Crippen molar-refractivity contribution >= 4 is 38.5 Å². The van der Waals surface area contributed by atoms with Crippen molar-refractivity contribution in [3.8, 4) is 5.69 Å². The highest BCUT2D eigenvalue weighted by molar-refractivity contribution is 7.89. The van der Waals surface area contributed by atoms with Crippen molar-refractivity contribution in [2.24, 2.45) is 0 Å². The molecule has 2 heterocycles. The lowest BCUT2D eigenvalue weighted by Gasteiger charge is -2.26. The smallest absolute Gasteiger partial charge is 0.353 e. The average molecular weight is 539 g/mol. The Kier molecular flexibility index (Phi) is 6.87.